The van der Waals surface area contributed by atoms with E-state index < -0.39 is 12.1 Å². The van der Waals surface area contributed by atoms with Gasteiger partial charge in [0.05, 0.1) is 6.04 Å². The first-order chi connectivity index (χ1) is 3.72. The molecule has 4 nitrogen and oxygen atoms in total. The summed E-state index contributed by atoms with van der Waals surface area (Å²) in [5.74, 6) is 0. The molecule has 8 heavy (non-hydrogen) atoms. The van der Waals surface area contributed by atoms with E-state index in [4.69, 9.17) is 10.8 Å². The number of carbonyl (C=O) groups excluding carboxylic acids is 2. The Morgan fingerprint density at radius 2 is 1.88 bits per heavy atom. The summed E-state index contributed by atoms with van der Waals surface area (Å²) in [5, 5.41) is 8.40. The van der Waals surface area contributed by atoms with Gasteiger partial charge in [0.15, 0.2) is 6.29 Å². The van der Waals surface area contributed by atoms with Crippen molar-refractivity contribution in [1.29, 1.82) is 0 Å². The fourth-order valence-electron chi connectivity index (χ4n) is 0.171. The number of aliphatic hydroxyl groups is 1. The van der Waals surface area contributed by atoms with Crippen molar-refractivity contribution >= 4 is 12.6 Å². The minimum Gasteiger partial charge on any atom is -0.384 e. The van der Waals surface area contributed by atoms with Crippen LogP contribution in [0.15, 0.2) is 0 Å². The maximum Gasteiger partial charge on any atom is 0.150 e. The molecule has 0 aliphatic rings. The topological polar surface area (TPSA) is 80.4 Å². The molecular formula is C4H7NO3. The minimum atomic E-state index is -1.35. The summed E-state index contributed by atoms with van der Waals surface area (Å²) < 4.78 is 0. The quantitative estimate of drug-likeness (QED) is 0.422. The van der Waals surface area contributed by atoms with E-state index in [1.807, 2.05) is 0 Å². The Morgan fingerprint density at radius 1 is 1.38 bits per heavy atom. The normalized spacial score (nSPS) is 16.8. The van der Waals surface area contributed by atoms with Gasteiger partial charge in [0.25, 0.3) is 0 Å². The second-order valence-corrected chi connectivity index (χ2v) is 1.34. The lowest BCUT2D eigenvalue weighted by Gasteiger charge is -2.02. The Balaban J connectivity index is 3.60. The lowest BCUT2D eigenvalue weighted by molar-refractivity contribution is -0.120. The molecule has 0 aliphatic heterocycles. The Hall–Kier alpha value is -0.740. The zero-order valence-corrected chi connectivity index (χ0v) is 4.15. The van der Waals surface area contributed by atoms with Gasteiger partial charge in [0, 0.05) is 0 Å². The third-order valence-corrected chi connectivity index (χ3v) is 0.691. The molecule has 0 saturated heterocycles. The first-order valence-corrected chi connectivity index (χ1v) is 2.06. The van der Waals surface area contributed by atoms with Crippen LogP contribution in [-0.2, 0) is 9.59 Å². The monoisotopic (exact) mass is 117 g/mol. The lowest BCUT2D eigenvalue weighted by atomic mass is 10.2. The van der Waals surface area contributed by atoms with Crippen LogP contribution in [-0.4, -0.2) is 29.8 Å². The van der Waals surface area contributed by atoms with E-state index in [9.17, 15) is 9.59 Å². The number of aldehydes is 2. The standard InChI is InChI=1S/C4H7NO3/c5-3(1-6)4(8)2-7/h1-4,8H,5H2. The molecule has 0 fully saturated rings. The van der Waals surface area contributed by atoms with Gasteiger partial charge in [-0.1, -0.05) is 0 Å². The number of hydrogen-bond acceptors (Lipinski definition) is 4. The SMILES string of the molecule is NC(C=O)C(O)C=O. The molecule has 4 heteroatoms. The highest BCUT2D eigenvalue weighted by Crippen LogP contribution is 1.78. The van der Waals surface area contributed by atoms with Gasteiger partial charge in [0.1, 0.15) is 12.4 Å². The molecule has 0 rings (SSSR count). The highest BCUT2D eigenvalue weighted by atomic mass is 16.3. The third kappa shape index (κ3) is 1.81. The van der Waals surface area contributed by atoms with E-state index in [2.05, 4.69) is 0 Å². The Bertz CT molecular complexity index is 81.3. The summed E-state index contributed by atoms with van der Waals surface area (Å²) in [4.78, 5) is 19.3. The Labute approximate surface area is 46.3 Å². The molecule has 0 aromatic heterocycles. The molecule has 0 spiro atoms. The predicted octanol–water partition coefficient (Wildman–Crippen LogP) is -1.93. The first-order valence-electron chi connectivity index (χ1n) is 2.06. The molecule has 46 valence electrons. The number of rotatable bonds is 3. The largest absolute Gasteiger partial charge is 0.384 e. The van der Waals surface area contributed by atoms with Crippen LogP contribution in [0.5, 0.6) is 0 Å². The average molecular weight is 117 g/mol. The van der Waals surface area contributed by atoms with E-state index in [1.165, 1.54) is 0 Å². The van der Waals surface area contributed by atoms with Crippen molar-refractivity contribution in [3.63, 3.8) is 0 Å². The van der Waals surface area contributed by atoms with Crippen LogP contribution in [0, 0.1) is 0 Å². The summed E-state index contributed by atoms with van der Waals surface area (Å²) in [6.07, 6.45) is -0.814. The average Bonchev–Trinajstić information content (AvgIpc) is 1.84. The van der Waals surface area contributed by atoms with E-state index >= 15 is 0 Å². The molecule has 0 saturated carbocycles. The predicted molar refractivity (Wildman–Crippen MR) is 26.1 cm³/mol. The van der Waals surface area contributed by atoms with E-state index in [0.717, 1.165) is 0 Å². The molecule has 0 aromatic rings. The van der Waals surface area contributed by atoms with Gasteiger partial charge in [0.2, 0.25) is 0 Å². The number of carbonyl (C=O) groups is 2. The van der Waals surface area contributed by atoms with Gasteiger partial charge in [-0.3, -0.25) is 0 Å². The van der Waals surface area contributed by atoms with Crippen molar-refractivity contribution in [2.45, 2.75) is 12.1 Å². The van der Waals surface area contributed by atoms with Crippen molar-refractivity contribution in [2.24, 2.45) is 5.73 Å². The second kappa shape index (κ2) is 3.29. The van der Waals surface area contributed by atoms with Gasteiger partial charge in [-0.25, -0.2) is 0 Å². The van der Waals surface area contributed by atoms with Crippen molar-refractivity contribution in [3.05, 3.63) is 0 Å². The minimum absolute atomic E-state index is 0.221. The van der Waals surface area contributed by atoms with Crippen LogP contribution < -0.4 is 5.73 Å². The molecule has 3 N–H and O–H groups in total. The van der Waals surface area contributed by atoms with Crippen molar-refractivity contribution in [2.75, 3.05) is 0 Å². The fraction of sp³-hybridized carbons (Fsp3) is 0.500. The molecule has 0 heterocycles. The highest BCUT2D eigenvalue weighted by Gasteiger charge is 2.10. The van der Waals surface area contributed by atoms with Gasteiger partial charge in [-0.2, -0.15) is 0 Å². The fourth-order valence-corrected chi connectivity index (χ4v) is 0.171. The highest BCUT2D eigenvalue weighted by molar-refractivity contribution is 5.69. The first kappa shape index (κ1) is 7.26. The number of aliphatic hydroxyl groups excluding tert-OH is 1. The molecule has 0 aromatic carbocycles. The summed E-state index contributed by atoms with van der Waals surface area (Å²) in [5.41, 5.74) is 4.88. The Kier molecular flexibility index (Phi) is 2.98. The van der Waals surface area contributed by atoms with Crippen molar-refractivity contribution < 1.29 is 14.7 Å². The number of nitrogens with two attached hydrogens (primary N) is 1. The molecule has 2 unspecified atom stereocenters. The van der Waals surface area contributed by atoms with Gasteiger partial charge < -0.3 is 20.4 Å². The second-order valence-electron chi connectivity index (χ2n) is 1.34. The smallest absolute Gasteiger partial charge is 0.150 e. The van der Waals surface area contributed by atoms with Gasteiger partial charge >= 0.3 is 0 Å². The zero-order valence-electron chi connectivity index (χ0n) is 4.15. The van der Waals surface area contributed by atoms with Gasteiger partial charge in [-0.15, -0.1) is 0 Å². The maximum absolute atomic E-state index is 9.66. The summed E-state index contributed by atoms with van der Waals surface area (Å²) >= 11 is 0. The molecule has 2 atom stereocenters. The Morgan fingerprint density at radius 3 is 2.00 bits per heavy atom. The lowest BCUT2D eigenvalue weighted by Crippen LogP contribution is -2.36. The van der Waals surface area contributed by atoms with E-state index in [-0.39, 0.29) is 6.29 Å². The van der Waals surface area contributed by atoms with Crippen molar-refractivity contribution in [1.82, 2.24) is 0 Å². The maximum atomic E-state index is 9.66. The van der Waals surface area contributed by atoms with Crippen LogP contribution in [0.1, 0.15) is 0 Å². The van der Waals surface area contributed by atoms with Crippen LogP contribution in [0.3, 0.4) is 0 Å². The third-order valence-electron chi connectivity index (χ3n) is 0.691. The summed E-state index contributed by atoms with van der Waals surface area (Å²) in [7, 11) is 0. The number of hydrogen-bond donors (Lipinski definition) is 2. The van der Waals surface area contributed by atoms with Crippen LogP contribution in [0.4, 0.5) is 0 Å². The molecule has 0 amide bonds. The van der Waals surface area contributed by atoms with E-state index in [0.29, 0.717) is 6.29 Å². The summed E-state index contributed by atoms with van der Waals surface area (Å²) in [6.45, 7) is 0. The zero-order chi connectivity index (χ0) is 6.57. The van der Waals surface area contributed by atoms with Crippen LogP contribution in [0.25, 0.3) is 0 Å². The van der Waals surface area contributed by atoms with Crippen LogP contribution in [0.2, 0.25) is 0 Å². The molecule has 0 radical (unpaired) electrons. The molecule has 0 aliphatic carbocycles. The molecule has 0 bridgehead atoms. The van der Waals surface area contributed by atoms with Crippen LogP contribution >= 0.6 is 0 Å². The van der Waals surface area contributed by atoms with E-state index in [1.54, 1.807) is 0 Å². The summed E-state index contributed by atoms with van der Waals surface area (Å²) in [6, 6.07) is -1.08. The van der Waals surface area contributed by atoms with Crippen molar-refractivity contribution in [3.8, 4) is 0 Å². The van der Waals surface area contributed by atoms with Gasteiger partial charge in [-0.05, 0) is 0 Å². The molecular weight excluding hydrogens is 110 g/mol.